The summed E-state index contributed by atoms with van der Waals surface area (Å²) in [4.78, 5) is 15.0. The summed E-state index contributed by atoms with van der Waals surface area (Å²) in [7, 11) is 1.99. The molecule has 140 valence electrons. The summed E-state index contributed by atoms with van der Waals surface area (Å²) < 4.78 is 1.97. The molecule has 1 amide bonds. The zero-order valence-corrected chi connectivity index (χ0v) is 16.1. The summed E-state index contributed by atoms with van der Waals surface area (Å²) in [6, 6.07) is 10.3. The third-order valence-corrected chi connectivity index (χ3v) is 5.53. The molecule has 0 saturated carbocycles. The van der Waals surface area contributed by atoms with E-state index in [2.05, 4.69) is 29.3 Å². The largest absolute Gasteiger partial charge is 0.337 e. The van der Waals surface area contributed by atoms with Gasteiger partial charge in [0.15, 0.2) is 5.69 Å². The highest BCUT2D eigenvalue weighted by atomic mass is 16.2. The van der Waals surface area contributed by atoms with Gasteiger partial charge in [0.05, 0.1) is 5.69 Å². The van der Waals surface area contributed by atoms with E-state index in [1.165, 1.54) is 11.3 Å². The van der Waals surface area contributed by atoms with Gasteiger partial charge in [0.1, 0.15) is 0 Å². The molecular formula is C21H25N5O. The minimum Gasteiger partial charge on any atom is -0.337 e. The number of fused-ring (bicyclic) bond motifs is 1. The number of carbonyl (C=O) groups is 1. The van der Waals surface area contributed by atoms with Crippen LogP contribution in [-0.2, 0) is 26.3 Å². The van der Waals surface area contributed by atoms with Crippen molar-refractivity contribution < 1.29 is 4.79 Å². The van der Waals surface area contributed by atoms with Crippen LogP contribution in [-0.4, -0.2) is 43.9 Å². The maximum Gasteiger partial charge on any atom is 0.274 e. The maximum absolute atomic E-state index is 13.0. The number of aromatic nitrogens is 4. The molecule has 4 rings (SSSR count). The number of aryl methyl sites for hydroxylation is 2. The van der Waals surface area contributed by atoms with Crippen molar-refractivity contribution in [1.82, 2.24) is 24.9 Å². The van der Waals surface area contributed by atoms with E-state index in [1.807, 2.05) is 41.8 Å². The molecule has 0 saturated heterocycles. The van der Waals surface area contributed by atoms with E-state index < -0.39 is 0 Å². The highest BCUT2D eigenvalue weighted by molar-refractivity contribution is 5.94. The van der Waals surface area contributed by atoms with Crippen LogP contribution in [0.3, 0.4) is 0 Å². The third kappa shape index (κ3) is 3.05. The van der Waals surface area contributed by atoms with Gasteiger partial charge in [0.2, 0.25) is 0 Å². The van der Waals surface area contributed by atoms with Crippen LogP contribution in [0.4, 0.5) is 0 Å². The van der Waals surface area contributed by atoms with Crippen LogP contribution in [0.2, 0.25) is 0 Å². The van der Waals surface area contributed by atoms with Crippen LogP contribution in [0, 0.1) is 6.92 Å². The number of hydrogen-bond donors (Lipinski definition) is 1. The SMILES string of the molecule is CCc1[nH]nc(C(=O)N2CCc3c(-c4ccccc4)nn(C)c3CC2)c1C. The van der Waals surface area contributed by atoms with Gasteiger partial charge in [-0.15, -0.1) is 0 Å². The van der Waals surface area contributed by atoms with Gasteiger partial charge in [0.25, 0.3) is 5.91 Å². The zero-order valence-electron chi connectivity index (χ0n) is 16.1. The molecule has 1 N–H and O–H groups in total. The summed E-state index contributed by atoms with van der Waals surface area (Å²) in [5, 5.41) is 12.0. The second-order valence-corrected chi connectivity index (χ2v) is 7.09. The highest BCUT2D eigenvalue weighted by Crippen LogP contribution is 2.28. The number of amides is 1. The smallest absolute Gasteiger partial charge is 0.274 e. The highest BCUT2D eigenvalue weighted by Gasteiger charge is 2.27. The van der Waals surface area contributed by atoms with E-state index in [0.717, 1.165) is 41.8 Å². The van der Waals surface area contributed by atoms with Gasteiger partial charge in [0, 0.05) is 54.6 Å². The molecule has 0 fully saturated rings. The van der Waals surface area contributed by atoms with E-state index in [0.29, 0.717) is 18.8 Å². The molecule has 1 aromatic carbocycles. The molecule has 6 nitrogen and oxygen atoms in total. The number of nitrogens with zero attached hydrogens (tertiary/aromatic N) is 4. The van der Waals surface area contributed by atoms with Gasteiger partial charge in [-0.3, -0.25) is 14.6 Å². The Balaban J connectivity index is 1.60. The molecule has 6 heteroatoms. The van der Waals surface area contributed by atoms with E-state index >= 15 is 0 Å². The monoisotopic (exact) mass is 363 g/mol. The quantitative estimate of drug-likeness (QED) is 0.778. The Morgan fingerprint density at radius 2 is 1.93 bits per heavy atom. The average Bonchev–Trinajstić information content (AvgIpc) is 3.12. The lowest BCUT2D eigenvalue weighted by molar-refractivity contribution is 0.0756. The van der Waals surface area contributed by atoms with Crippen molar-refractivity contribution in [2.24, 2.45) is 7.05 Å². The topological polar surface area (TPSA) is 66.8 Å². The van der Waals surface area contributed by atoms with Crippen LogP contribution < -0.4 is 0 Å². The van der Waals surface area contributed by atoms with Gasteiger partial charge in [-0.1, -0.05) is 37.3 Å². The van der Waals surface area contributed by atoms with Gasteiger partial charge in [-0.25, -0.2) is 0 Å². The number of carbonyl (C=O) groups excluding carboxylic acids is 1. The molecule has 1 aliphatic rings. The number of hydrogen-bond acceptors (Lipinski definition) is 3. The Bertz CT molecular complexity index is 970. The van der Waals surface area contributed by atoms with Gasteiger partial charge in [-0.05, 0) is 19.8 Å². The Morgan fingerprint density at radius 3 is 2.63 bits per heavy atom. The van der Waals surface area contributed by atoms with Crippen LogP contribution in [0.5, 0.6) is 0 Å². The summed E-state index contributed by atoms with van der Waals surface area (Å²) in [6.45, 7) is 5.41. The predicted molar refractivity (Wildman–Crippen MR) is 105 cm³/mol. The molecule has 0 spiro atoms. The van der Waals surface area contributed by atoms with Crippen molar-refractivity contribution in [3.8, 4) is 11.3 Å². The Kier molecular flexibility index (Phi) is 4.56. The number of H-pyrrole nitrogens is 1. The fraction of sp³-hybridized carbons (Fsp3) is 0.381. The van der Waals surface area contributed by atoms with Gasteiger partial charge in [-0.2, -0.15) is 10.2 Å². The van der Waals surface area contributed by atoms with E-state index in [-0.39, 0.29) is 5.91 Å². The van der Waals surface area contributed by atoms with Gasteiger partial charge < -0.3 is 4.90 Å². The van der Waals surface area contributed by atoms with Crippen LogP contribution in [0.25, 0.3) is 11.3 Å². The lowest BCUT2D eigenvalue weighted by atomic mass is 10.0. The Labute approximate surface area is 159 Å². The van der Waals surface area contributed by atoms with Crippen molar-refractivity contribution in [3.63, 3.8) is 0 Å². The first kappa shape index (κ1) is 17.5. The minimum atomic E-state index is 0.0190. The Hall–Kier alpha value is -2.89. The first-order valence-corrected chi connectivity index (χ1v) is 9.53. The molecule has 3 aromatic rings. The second kappa shape index (κ2) is 7.02. The van der Waals surface area contributed by atoms with Crippen molar-refractivity contribution in [2.45, 2.75) is 33.1 Å². The van der Waals surface area contributed by atoms with Gasteiger partial charge >= 0.3 is 0 Å². The summed E-state index contributed by atoms with van der Waals surface area (Å²) >= 11 is 0. The molecular weight excluding hydrogens is 338 g/mol. The summed E-state index contributed by atoms with van der Waals surface area (Å²) in [6.07, 6.45) is 2.47. The number of aromatic amines is 1. The zero-order chi connectivity index (χ0) is 19.0. The van der Waals surface area contributed by atoms with Crippen molar-refractivity contribution >= 4 is 5.91 Å². The molecule has 0 aliphatic carbocycles. The molecule has 0 unspecified atom stereocenters. The summed E-state index contributed by atoms with van der Waals surface area (Å²) in [5.41, 5.74) is 7.20. The predicted octanol–water partition coefficient (Wildman–Crippen LogP) is 2.92. The number of nitrogens with one attached hydrogen (secondary N) is 1. The molecule has 1 aliphatic heterocycles. The summed E-state index contributed by atoms with van der Waals surface area (Å²) in [5.74, 6) is 0.0190. The molecule has 3 heterocycles. The van der Waals surface area contributed by atoms with Crippen molar-refractivity contribution in [3.05, 3.63) is 58.5 Å². The first-order valence-electron chi connectivity index (χ1n) is 9.53. The lowest BCUT2D eigenvalue weighted by Crippen LogP contribution is -2.34. The molecule has 27 heavy (non-hydrogen) atoms. The fourth-order valence-electron chi connectivity index (χ4n) is 3.94. The van der Waals surface area contributed by atoms with E-state index in [1.54, 1.807) is 0 Å². The first-order chi connectivity index (χ1) is 13.1. The third-order valence-electron chi connectivity index (χ3n) is 5.53. The molecule has 0 radical (unpaired) electrons. The molecule has 0 bridgehead atoms. The molecule has 2 aromatic heterocycles. The fourth-order valence-corrected chi connectivity index (χ4v) is 3.94. The molecule has 0 atom stereocenters. The minimum absolute atomic E-state index is 0.0190. The van der Waals surface area contributed by atoms with Crippen LogP contribution >= 0.6 is 0 Å². The van der Waals surface area contributed by atoms with E-state index in [4.69, 9.17) is 5.10 Å². The van der Waals surface area contributed by atoms with Crippen molar-refractivity contribution in [2.75, 3.05) is 13.1 Å². The second-order valence-electron chi connectivity index (χ2n) is 7.09. The van der Waals surface area contributed by atoms with Crippen molar-refractivity contribution in [1.29, 1.82) is 0 Å². The normalized spacial score (nSPS) is 14.1. The van der Waals surface area contributed by atoms with Crippen LogP contribution in [0.15, 0.2) is 30.3 Å². The lowest BCUT2D eigenvalue weighted by Gasteiger charge is -2.19. The average molecular weight is 363 g/mol. The van der Waals surface area contributed by atoms with Crippen LogP contribution in [0.1, 0.15) is 39.9 Å². The Morgan fingerprint density at radius 1 is 1.19 bits per heavy atom. The number of benzene rings is 1. The number of rotatable bonds is 3. The standard InChI is InChI=1S/C21H25N5O/c1-4-17-14(2)19(23-22-17)21(27)26-12-10-16-18(11-13-26)25(3)24-20(16)15-8-6-5-7-9-15/h5-9H,4,10-13H2,1-3H3,(H,22,23). The van der Waals surface area contributed by atoms with E-state index in [9.17, 15) is 4.79 Å². The maximum atomic E-state index is 13.0.